The number of thiazole rings is 1. The Morgan fingerprint density at radius 3 is 2.50 bits per heavy atom. The van der Waals surface area contributed by atoms with Crippen LogP contribution in [0.25, 0.3) is 0 Å². The molecule has 28 heavy (non-hydrogen) atoms. The first-order valence-corrected chi connectivity index (χ1v) is 10.8. The molecule has 0 fully saturated rings. The van der Waals surface area contributed by atoms with Crippen LogP contribution >= 0.6 is 11.3 Å². The Bertz CT molecular complexity index is 1080. The van der Waals surface area contributed by atoms with Crippen molar-refractivity contribution in [1.82, 2.24) is 24.5 Å². The zero-order chi connectivity index (χ0) is 20.5. The molecule has 2 aromatic heterocycles. The molecule has 0 spiro atoms. The minimum Gasteiger partial charge on any atom is -0.424 e. The highest BCUT2D eigenvalue weighted by molar-refractivity contribution is 7.91. The second-order valence-electron chi connectivity index (χ2n) is 6.09. The van der Waals surface area contributed by atoms with Gasteiger partial charge in [-0.05, 0) is 52.0 Å². The van der Waals surface area contributed by atoms with E-state index in [9.17, 15) is 12.8 Å². The van der Waals surface area contributed by atoms with Gasteiger partial charge in [-0.15, -0.1) is 16.4 Å². The van der Waals surface area contributed by atoms with Gasteiger partial charge >= 0.3 is 6.01 Å². The summed E-state index contributed by atoms with van der Waals surface area (Å²) in [6.07, 6.45) is 0. The maximum atomic E-state index is 13.1. The van der Waals surface area contributed by atoms with Crippen LogP contribution in [0.2, 0.25) is 0 Å². The van der Waals surface area contributed by atoms with E-state index in [1.54, 1.807) is 25.3 Å². The average molecular weight is 426 g/mol. The molecule has 8 nitrogen and oxygen atoms in total. The van der Waals surface area contributed by atoms with Crippen LogP contribution in [0.5, 0.6) is 11.8 Å². The van der Waals surface area contributed by atoms with Crippen molar-refractivity contribution in [3.05, 3.63) is 46.6 Å². The third-order valence-corrected chi connectivity index (χ3v) is 7.13. The molecular formula is C17H20FN5O3S2. The number of rotatable bonds is 7. The minimum absolute atomic E-state index is 0.183. The number of halogens is 1. The lowest BCUT2D eigenvalue weighted by Crippen LogP contribution is -2.28. The summed E-state index contributed by atoms with van der Waals surface area (Å²) in [5.74, 6) is 0.433. The second-order valence-corrected chi connectivity index (χ2v) is 9.20. The first-order valence-electron chi connectivity index (χ1n) is 8.54. The third-order valence-electron chi connectivity index (χ3n) is 3.91. The maximum absolute atomic E-state index is 13.1. The standard InChI is InChI=1S/C17H20FN5O3S2/c1-5-23-15(20-21-17(23)26-14-8-6-13(18)7-9-14)10(2)22-28(24,25)16-11(3)19-12(4)27-16/h6-10,22H,5H2,1-4H3/t10-/m1/s1. The number of nitrogens with one attached hydrogen (secondary N) is 1. The highest BCUT2D eigenvalue weighted by Crippen LogP contribution is 2.26. The normalized spacial score (nSPS) is 12.9. The number of sulfonamides is 1. The van der Waals surface area contributed by atoms with Gasteiger partial charge in [0.05, 0.1) is 16.7 Å². The van der Waals surface area contributed by atoms with Gasteiger partial charge in [0.15, 0.2) is 10.0 Å². The Labute approximate surface area is 166 Å². The summed E-state index contributed by atoms with van der Waals surface area (Å²) < 4.78 is 48.6. The van der Waals surface area contributed by atoms with E-state index in [1.807, 2.05) is 6.92 Å². The Kier molecular flexibility index (Phi) is 5.77. The molecule has 0 amide bonds. The van der Waals surface area contributed by atoms with Gasteiger partial charge in [0.2, 0.25) is 0 Å². The fraction of sp³-hybridized carbons (Fsp3) is 0.353. The Morgan fingerprint density at radius 1 is 1.25 bits per heavy atom. The predicted molar refractivity (Wildman–Crippen MR) is 102 cm³/mol. The van der Waals surface area contributed by atoms with Gasteiger partial charge in [0.1, 0.15) is 11.6 Å². The topological polar surface area (TPSA) is 99.0 Å². The van der Waals surface area contributed by atoms with Crippen molar-refractivity contribution in [2.45, 2.75) is 44.5 Å². The monoisotopic (exact) mass is 425 g/mol. The van der Waals surface area contributed by atoms with Crippen LogP contribution in [0.1, 0.15) is 36.4 Å². The van der Waals surface area contributed by atoms with Gasteiger partial charge in [-0.2, -0.15) is 4.72 Å². The number of hydrogen-bond acceptors (Lipinski definition) is 7. The van der Waals surface area contributed by atoms with Gasteiger partial charge in [0, 0.05) is 6.54 Å². The zero-order valence-corrected chi connectivity index (χ0v) is 17.4. The molecule has 1 N–H and O–H groups in total. The summed E-state index contributed by atoms with van der Waals surface area (Å²) in [6, 6.07) is 5.05. The fourth-order valence-electron chi connectivity index (χ4n) is 2.70. The Morgan fingerprint density at radius 2 is 1.93 bits per heavy atom. The Hall–Kier alpha value is -2.37. The molecule has 1 atom stereocenters. The quantitative estimate of drug-likeness (QED) is 0.623. The molecule has 0 saturated carbocycles. The minimum atomic E-state index is -3.75. The van der Waals surface area contributed by atoms with E-state index in [1.165, 1.54) is 24.3 Å². The molecule has 0 aliphatic heterocycles. The molecule has 1 aromatic carbocycles. The second kappa shape index (κ2) is 7.94. The van der Waals surface area contributed by atoms with Crippen molar-refractivity contribution in [3.8, 4) is 11.8 Å². The number of aromatic nitrogens is 4. The van der Waals surface area contributed by atoms with Gasteiger partial charge < -0.3 is 4.74 Å². The first-order chi connectivity index (χ1) is 13.2. The molecule has 11 heteroatoms. The van der Waals surface area contributed by atoms with Crippen molar-refractivity contribution in [1.29, 1.82) is 0 Å². The molecule has 0 saturated heterocycles. The lowest BCUT2D eigenvalue weighted by atomic mass is 10.3. The summed E-state index contributed by atoms with van der Waals surface area (Å²) >= 11 is 1.12. The smallest absolute Gasteiger partial charge is 0.322 e. The van der Waals surface area contributed by atoms with Crippen LogP contribution < -0.4 is 9.46 Å². The van der Waals surface area contributed by atoms with Crippen LogP contribution in [0.3, 0.4) is 0 Å². The molecule has 0 aliphatic carbocycles. The van der Waals surface area contributed by atoms with Crippen molar-refractivity contribution in [2.24, 2.45) is 0 Å². The van der Waals surface area contributed by atoms with Crippen molar-refractivity contribution < 1.29 is 17.5 Å². The van der Waals surface area contributed by atoms with Gasteiger partial charge in [-0.1, -0.05) is 5.10 Å². The lowest BCUT2D eigenvalue weighted by molar-refractivity contribution is 0.407. The third kappa shape index (κ3) is 4.21. The van der Waals surface area contributed by atoms with Gasteiger partial charge in [-0.25, -0.2) is 17.8 Å². The van der Waals surface area contributed by atoms with E-state index in [-0.39, 0.29) is 16.0 Å². The van der Waals surface area contributed by atoms with Crippen LogP contribution in [0, 0.1) is 19.7 Å². The van der Waals surface area contributed by atoms with Gasteiger partial charge in [0.25, 0.3) is 10.0 Å². The van der Waals surface area contributed by atoms with Crippen LogP contribution in [0.4, 0.5) is 4.39 Å². The average Bonchev–Trinajstić information content (AvgIpc) is 3.19. The lowest BCUT2D eigenvalue weighted by Gasteiger charge is -2.15. The summed E-state index contributed by atoms with van der Waals surface area (Å²) in [5.41, 5.74) is 0.458. The zero-order valence-electron chi connectivity index (χ0n) is 15.8. The summed E-state index contributed by atoms with van der Waals surface area (Å²) in [7, 11) is -3.75. The van der Waals surface area contributed by atoms with Crippen LogP contribution in [-0.4, -0.2) is 28.2 Å². The van der Waals surface area contributed by atoms with E-state index >= 15 is 0 Å². The maximum Gasteiger partial charge on any atom is 0.322 e. The van der Waals surface area contributed by atoms with E-state index in [4.69, 9.17) is 4.74 Å². The highest BCUT2D eigenvalue weighted by atomic mass is 32.2. The number of nitrogens with zero attached hydrogens (tertiary/aromatic N) is 4. The van der Waals surface area contributed by atoms with E-state index in [2.05, 4.69) is 19.9 Å². The molecule has 3 aromatic rings. The number of benzene rings is 1. The number of aryl methyl sites for hydroxylation is 2. The van der Waals surface area contributed by atoms with E-state index in [0.29, 0.717) is 28.8 Å². The van der Waals surface area contributed by atoms with Crippen molar-refractivity contribution in [3.63, 3.8) is 0 Å². The largest absolute Gasteiger partial charge is 0.424 e. The van der Waals surface area contributed by atoms with E-state index in [0.717, 1.165) is 11.3 Å². The Balaban J connectivity index is 1.84. The summed E-state index contributed by atoms with van der Waals surface area (Å²) in [4.78, 5) is 4.17. The molecule has 150 valence electrons. The molecular weight excluding hydrogens is 405 g/mol. The summed E-state index contributed by atoms with van der Waals surface area (Å²) in [6.45, 7) is 7.42. The first kappa shape index (κ1) is 20.4. The highest BCUT2D eigenvalue weighted by Gasteiger charge is 2.27. The summed E-state index contributed by atoms with van der Waals surface area (Å²) in [5, 5.41) is 8.76. The number of hydrogen-bond donors (Lipinski definition) is 1. The van der Waals surface area contributed by atoms with Crippen molar-refractivity contribution >= 4 is 21.4 Å². The molecule has 0 aliphatic rings. The SMILES string of the molecule is CCn1c(Oc2ccc(F)cc2)nnc1[C@@H](C)NS(=O)(=O)c1sc(C)nc1C. The molecule has 0 bridgehead atoms. The number of ether oxygens (including phenoxy) is 1. The predicted octanol–water partition coefficient (Wildman–Crippen LogP) is 3.34. The van der Waals surface area contributed by atoms with Crippen molar-refractivity contribution in [2.75, 3.05) is 0 Å². The van der Waals surface area contributed by atoms with Crippen LogP contribution in [-0.2, 0) is 16.6 Å². The molecule has 0 unspecified atom stereocenters. The van der Waals surface area contributed by atoms with Gasteiger partial charge in [-0.3, -0.25) is 4.57 Å². The fourth-order valence-corrected chi connectivity index (χ4v) is 5.40. The van der Waals surface area contributed by atoms with E-state index < -0.39 is 16.1 Å². The molecule has 3 rings (SSSR count). The molecule has 0 radical (unpaired) electrons. The molecule has 2 heterocycles. The van der Waals surface area contributed by atoms with Crippen LogP contribution in [0.15, 0.2) is 28.5 Å².